The molecule has 1 amide bonds. The van der Waals surface area contributed by atoms with Crippen molar-refractivity contribution in [1.29, 1.82) is 0 Å². The Hall–Kier alpha value is -2.41. The SMILES string of the molecule is CCC(C(=O)Nc1ccc(C)cc1C)N(c1ccc(F)cc1)S(C)(=O)=O. The molecule has 0 bridgehead atoms. The van der Waals surface area contributed by atoms with Gasteiger partial charge in [-0.25, -0.2) is 12.8 Å². The van der Waals surface area contributed by atoms with E-state index >= 15 is 0 Å². The normalized spacial score (nSPS) is 12.5. The largest absolute Gasteiger partial charge is 0.324 e. The molecule has 7 heteroatoms. The average Bonchev–Trinajstić information content (AvgIpc) is 2.55. The van der Waals surface area contributed by atoms with Crippen molar-refractivity contribution in [3.8, 4) is 0 Å². The van der Waals surface area contributed by atoms with Crippen LogP contribution in [0.2, 0.25) is 0 Å². The third-order valence-electron chi connectivity index (χ3n) is 4.05. The molecule has 2 rings (SSSR count). The first-order valence-corrected chi connectivity index (χ1v) is 10.1. The Kier molecular flexibility index (Phi) is 6.02. The van der Waals surface area contributed by atoms with Gasteiger partial charge in [-0.05, 0) is 56.2 Å². The fraction of sp³-hybridized carbons (Fsp3) is 0.316. The maximum absolute atomic E-state index is 13.2. The molecule has 0 radical (unpaired) electrons. The van der Waals surface area contributed by atoms with Crippen molar-refractivity contribution in [1.82, 2.24) is 0 Å². The predicted molar refractivity (Wildman–Crippen MR) is 102 cm³/mol. The first-order valence-electron chi connectivity index (χ1n) is 8.26. The van der Waals surface area contributed by atoms with Crippen LogP contribution in [-0.4, -0.2) is 26.6 Å². The summed E-state index contributed by atoms with van der Waals surface area (Å²) < 4.78 is 38.9. The molecule has 5 nitrogen and oxygen atoms in total. The Morgan fingerprint density at radius 3 is 2.27 bits per heavy atom. The summed E-state index contributed by atoms with van der Waals surface area (Å²) in [6.07, 6.45) is 1.30. The fourth-order valence-corrected chi connectivity index (χ4v) is 4.03. The van der Waals surface area contributed by atoms with Crippen LogP contribution in [0.3, 0.4) is 0 Å². The number of carbonyl (C=O) groups excluding carboxylic acids is 1. The molecule has 1 atom stereocenters. The van der Waals surface area contributed by atoms with Gasteiger partial charge in [0.15, 0.2) is 0 Å². The van der Waals surface area contributed by atoms with Crippen LogP contribution < -0.4 is 9.62 Å². The summed E-state index contributed by atoms with van der Waals surface area (Å²) in [5.74, 6) is -0.913. The monoisotopic (exact) mass is 378 g/mol. The van der Waals surface area contributed by atoms with Crippen molar-refractivity contribution in [2.45, 2.75) is 33.2 Å². The average molecular weight is 378 g/mol. The summed E-state index contributed by atoms with van der Waals surface area (Å²) in [6.45, 7) is 5.55. The minimum atomic E-state index is -3.75. The zero-order valence-corrected chi connectivity index (χ0v) is 16.1. The molecule has 1 unspecified atom stereocenters. The van der Waals surface area contributed by atoms with E-state index < -0.39 is 27.8 Å². The van der Waals surface area contributed by atoms with Gasteiger partial charge in [-0.2, -0.15) is 0 Å². The number of anilines is 2. The molecule has 0 saturated carbocycles. The highest BCUT2D eigenvalue weighted by molar-refractivity contribution is 7.92. The number of hydrogen-bond acceptors (Lipinski definition) is 3. The molecule has 2 aromatic carbocycles. The van der Waals surface area contributed by atoms with Crippen LogP contribution in [0.25, 0.3) is 0 Å². The van der Waals surface area contributed by atoms with Gasteiger partial charge in [0, 0.05) is 5.69 Å². The van der Waals surface area contributed by atoms with E-state index in [-0.39, 0.29) is 12.1 Å². The van der Waals surface area contributed by atoms with Gasteiger partial charge in [0.1, 0.15) is 11.9 Å². The lowest BCUT2D eigenvalue weighted by Crippen LogP contribution is -2.47. The van der Waals surface area contributed by atoms with Crippen LogP contribution in [0, 0.1) is 19.7 Å². The maximum atomic E-state index is 13.2. The van der Waals surface area contributed by atoms with Crippen LogP contribution in [-0.2, 0) is 14.8 Å². The van der Waals surface area contributed by atoms with Gasteiger partial charge in [-0.3, -0.25) is 9.10 Å². The molecular weight excluding hydrogens is 355 g/mol. The molecule has 0 aromatic heterocycles. The topological polar surface area (TPSA) is 66.5 Å². The zero-order valence-electron chi connectivity index (χ0n) is 15.3. The smallest absolute Gasteiger partial charge is 0.248 e. The van der Waals surface area contributed by atoms with Crippen molar-refractivity contribution in [3.05, 3.63) is 59.4 Å². The van der Waals surface area contributed by atoms with Crippen molar-refractivity contribution in [3.63, 3.8) is 0 Å². The van der Waals surface area contributed by atoms with Crippen LogP contribution in [0.1, 0.15) is 24.5 Å². The van der Waals surface area contributed by atoms with Crippen LogP contribution >= 0.6 is 0 Å². The highest BCUT2D eigenvalue weighted by Gasteiger charge is 2.31. The number of nitrogens with zero attached hydrogens (tertiary/aromatic N) is 1. The molecule has 26 heavy (non-hydrogen) atoms. The van der Waals surface area contributed by atoms with Crippen LogP contribution in [0.4, 0.5) is 15.8 Å². The molecule has 0 aliphatic rings. The second-order valence-electron chi connectivity index (χ2n) is 6.27. The van der Waals surface area contributed by atoms with Gasteiger partial charge in [0.2, 0.25) is 15.9 Å². The van der Waals surface area contributed by atoms with E-state index in [2.05, 4.69) is 5.32 Å². The minimum absolute atomic E-state index is 0.247. The van der Waals surface area contributed by atoms with E-state index in [1.807, 2.05) is 26.0 Å². The zero-order chi connectivity index (χ0) is 19.5. The Morgan fingerprint density at radius 1 is 1.15 bits per heavy atom. The lowest BCUT2D eigenvalue weighted by Gasteiger charge is -2.30. The Balaban J connectivity index is 2.38. The number of sulfonamides is 1. The molecule has 0 spiro atoms. The molecule has 0 aliphatic heterocycles. The molecule has 1 N–H and O–H groups in total. The number of benzene rings is 2. The Labute approximate surface area is 153 Å². The highest BCUT2D eigenvalue weighted by Crippen LogP contribution is 2.24. The van der Waals surface area contributed by atoms with E-state index in [9.17, 15) is 17.6 Å². The lowest BCUT2D eigenvalue weighted by atomic mass is 10.1. The third-order valence-corrected chi connectivity index (χ3v) is 5.23. The summed E-state index contributed by atoms with van der Waals surface area (Å²) in [5, 5.41) is 2.80. The van der Waals surface area contributed by atoms with E-state index in [1.54, 1.807) is 13.0 Å². The highest BCUT2D eigenvalue weighted by atomic mass is 32.2. The molecule has 0 saturated heterocycles. The molecule has 0 aliphatic carbocycles. The Bertz CT molecular complexity index is 896. The standard InChI is InChI=1S/C19H23FN2O3S/c1-5-18(19(23)21-17-11-6-13(2)12-14(17)3)22(26(4,24)25)16-9-7-15(20)8-10-16/h6-12,18H,5H2,1-4H3,(H,21,23). The van der Waals surface area contributed by atoms with E-state index in [0.717, 1.165) is 21.7 Å². The van der Waals surface area contributed by atoms with Crippen LogP contribution in [0.15, 0.2) is 42.5 Å². The first kappa shape index (κ1) is 19.9. The van der Waals surface area contributed by atoms with E-state index in [4.69, 9.17) is 0 Å². The fourth-order valence-electron chi connectivity index (χ4n) is 2.82. The summed E-state index contributed by atoms with van der Waals surface area (Å²) in [6, 6.07) is 9.69. The van der Waals surface area contributed by atoms with Crippen molar-refractivity contribution >= 4 is 27.3 Å². The summed E-state index contributed by atoms with van der Waals surface area (Å²) in [7, 11) is -3.75. The van der Waals surface area contributed by atoms with Crippen LogP contribution in [0.5, 0.6) is 0 Å². The lowest BCUT2D eigenvalue weighted by molar-refractivity contribution is -0.117. The second-order valence-corrected chi connectivity index (χ2v) is 8.13. The van der Waals surface area contributed by atoms with E-state index in [1.165, 1.54) is 24.3 Å². The number of amides is 1. The maximum Gasteiger partial charge on any atom is 0.248 e. The van der Waals surface area contributed by atoms with Gasteiger partial charge in [-0.15, -0.1) is 0 Å². The van der Waals surface area contributed by atoms with Crippen molar-refractivity contribution < 1.29 is 17.6 Å². The van der Waals surface area contributed by atoms with Gasteiger partial charge < -0.3 is 5.32 Å². The van der Waals surface area contributed by atoms with Gasteiger partial charge >= 0.3 is 0 Å². The summed E-state index contributed by atoms with van der Waals surface area (Å²) in [4.78, 5) is 12.8. The molecule has 0 fully saturated rings. The number of rotatable bonds is 6. The number of aryl methyl sites for hydroxylation is 2. The minimum Gasteiger partial charge on any atom is -0.324 e. The first-order chi connectivity index (χ1) is 12.1. The number of hydrogen-bond donors (Lipinski definition) is 1. The number of halogens is 1. The third kappa shape index (κ3) is 4.60. The molecular formula is C19H23FN2O3S. The van der Waals surface area contributed by atoms with Gasteiger partial charge in [-0.1, -0.05) is 24.6 Å². The molecule has 140 valence electrons. The van der Waals surface area contributed by atoms with Gasteiger partial charge in [0.05, 0.1) is 11.9 Å². The predicted octanol–water partition coefficient (Wildman–Crippen LogP) is 3.63. The van der Waals surface area contributed by atoms with Gasteiger partial charge in [0.25, 0.3) is 0 Å². The summed E-state index contributed by atoms with van der Waals surface area (Å²) in [5.41, 5.74) is 2.83. The Morgan fingerprint density at radius 2 is 1.77 bits per heavy atom. The molecule has 0 heterocycles. The molecule has 2 aromatic rings. The quantitative estimate of drug-likeness (QED) is 0.835. The van der Waals surface area contributed by atoms with Crippen molar-refractivity contribution in [2.75, 3.05) is 15.9 Å². The number of carbonyl (C=O) groups is 1. The number of nitrogens with one attached hydrogen (secondary N) is 1. The second kappa shape index (κ2) is 7.86. The van der Waals surface area contributed by atoms with E-state index in [0.29, 0.717) is 5.69 Å². The summed E-state index contributed by atoms with van der Waals surface area (Å²) >= 11 is 0. The van der Waals surface area contributed by atoms with Crippen molar-refractivity contribution in [2.24, 2.45) is 0 Å².